The van der Waals surface area contributed by atoms with Gasteiger partial charge in [-0.15, -0.1) is 0 Å². The number of nitrogens with one attached hydrogen (secondary N) is 2. The maximum atomic E-state index is 12.9. The van der Waals surface area contributed by atoms with Crippen LogP contribution in [-0.4, -0.2) is 27.0 Å². The number of benzene rings is 1. The Hall–Kier alpha value is -2.67. The molecule has 1 atom stereocenters. The number of amides is 1. The van der Waals surface area contributed by atoms with E-state index in [0.717, 1.165) is 28.8 Å². The zero-order chi connectivity index (χ0) is 17.8. The Balaban J connectivity index is 1.91. The fourth-order valence-corrected chi connectivity index (χ4v) is 3.57. The molecule has 2 aromatic heterocycles. The van der Waals surface area contributed by atoms with E-state index in [2.05, 4.69) is 20.6 Å². The Bertz CT molecular complexity index is 855. The van der Waals surface area contributed by atoms with Crippen molar-refractivity contribution in [1.82, 2.24) is 19.9 Å². The molecule has 0 aliphatic carbocycles. The number of anilines is 1. The van der Waals surface area contributed by atoms with Crippen LogP contribution in [0.4, 0.5) is 5.13 Å². The Morgan fingerprint density at radius 1 is 1.32 bits per heavy atom. The highest BCUT2D eigenvalue weighted by molar-refractivity contribution is 7.17. The number of hydrogen-bond donors (Lipinski definition) is 2. The van der Waals surface area contributed by atoms with Crippen molar-refractivity contribution in [2.24, 2.45) is 7.05 Å². The van der Waals surface area contributed by atoms with E-state index in [1.54, 1.807) is 6.20 Å². The Labute approximate surface area is 150 Å². The molecule has 0 spiro atoms. The fraction of sp³-hybridized carbons (Fsp3) is 0.278. The minimum absolute atomic E-state index is 0.143. The quantitative estimate of drug-likeness (QED) is 0.712. The third kappa shape index (κ3) is 3.71. The van der Waals surface area contributed by atoms with Gasteiger partial charge in [0.2, 0.25) is 0 Å². The zero-order valence-electron chi connectivity index (χ0n) is 14.5. The molecule has 3 rings (SSSR count). The monoisotopic (exact) mass is 355 g/mol. The van der Waals surface area contributed by atoms with E-state index < -0.39 is 0 Å². The first kappa shape index (κ1) is 17.2. The van der Waals surface area contributed by atoms with Gasteiger partial charge in [0.1, 0.15) is 16.7 Å². The summed E-state index contributed by atoms with van der Waals surface area (Å²) in [4.78, 5) is 22.3. The van der Waals surface area contributed by atoms with Crippen LogP contribution in [0.1, 0.15) is 39.7 Å². The van der Waals surface area contributed by atoms with Crippen molar-refractivity contribution in [3.05, 3.63) is 64.7 Å². The minimum Gasteiger partial charge on any atom is -0.362 e. The highest BCUT2D eigenvalue weighted by atomic mass is 32.1. The van der Waals surface area contributed by atoms with Crippen LogP contribution < -0.4 is 10.6 Å². The smallest absolute Gasteiger partial charge is 0.264 e. The first-order chi connectivity index (χ1) is 12.1. The number of imidazole rings is 1. The molecule has 0 unspecified atom stereocenters. The van der Waals surface area contributed by atoms with Gasteiger partial charge in [0.15, 0.2) is 5.13 Å². The molecular weight excluding hydrogens is 334 g/mol. The first-order valence-corrected chi connectivity index (χ1v) is 8.96. The van der Waals surface area contributed by atoms with Gasteiger partial charge in [-0.1, -0.05) is 41.7 Å². The molecule has 1 amide bonds. The van der Waals surface area contributed by atoms with Crippen LogP contribution in [0.15, 0.2) is 42.7 Å². The lowest BCUT2D eigenvalue weighted by Gasteiger charge is -2.19. The number of hydrogen-bond acceptors (Lipinski definition) is 5. The molecule has 7 heteroatoms. The topological polar surface area (TPSA) is 71.8 Å². The molecule has 0 bridgehead atoms. The fourth-order valence-electron chi connectivity index (χ4n) is 2.63. The second-order valence-electron chi connectivity index (χ2n) is 5.68. The number of carbonyl (C=O) groups excluding carboxylic acids is 1. The molecule has 2 heterocycles. The van der Waals surface area contributed by atoms with Crippen LogP contribution in [0.2, 0.25) is 0 Å². The lowest BCUT2D eigenvalue weighted by molar-refractivity contribution is 0.0944. The normalized spacial score (nSPS) is 12.0. The molecule has 25 heavy (non-hydrogen) atoms. The highest BCUT2D eigenvalue weighted by Crippen LogP contribution is 2.25. The average Bonchev–Trinajstić information content (AvgIpc) is 3.19. The summed E-state index contributed by atoms with van der Waals surface area (Å²) in [5.41, 5.74) is 1.71. The van der Waals surface area contributed by atoms with Crippen LogP contribution in [0.3, 0.4) is 0 Å². The predicted octanol–water partition coefficient (Wildman–Crippen LogP) is 3.14. The summed E-state index contributed by atoms with van der Waals surface area (Å²) in [6, 6.07) is 9.53. The molecule has 0 aliphatic heterocycles. The minimum atomic E-state index is -0.321. The Kier molecular flexibility index (Phi) is 5.14. The second-order valence-corrected chi connectivity index (χ2v) is 6.68. The average molecular weight is 355 g/mol. The summed E-state index contributed by atoms with van der Waals surface area (Å²) in [6.07, 6.45) is 3.61. The van der Waals surface area contributed by atoms with E-state index in [0.29, 0.717) is 4.88 Å². The van der Waals surface area contributed by atoms with Crippen LogP contribution in [0, 0.1) is 6.92 Å². The molecule has 0 saturated carbocycles. The largest absolute Gasteiger partial charge is 0.362 e. The van der Waals surface area contributed by atoms with Gasteiger partial charge in [-0.05, 0) is 19.4 Å². The summed E-state index contributed by atoms with van der Waals surface area (Å²) in [5.74, 6) is 0.643. The first-order valence-electron chi connectivity index (χ1n) is 8.14. The van der Waals surface area contributed by atoms with Gasteiger partial charge in [0.25, 0.3) is 5.91 Å². The van der Waals surface area contributed by atoms with Crippen molar-refractivity contribution < 1.29 is 4.79 Å². The molecule has 0 radical (unpaired) electrons. The van der Waals surface area contributed by atoms with Gasteiger partial charge in [-0.2, -0.15) is 0 Å². The van der Waals surface area contributed by atoms with Crippen molar-refractivity contribution in [3.63, 3.8) is 0 Å². The number of nitrogens with zero attached hydrogens (tertiary/aromatic N) is 3. The van der Waals surface area contributed by atoms with Crippen molar-refractivity contribution in [1.29, 1.82) is 0 Å². The maximum absolute atomic E-state index is 12.9. The van der Waals surface area contributed by atoms with Gasteiger partial charge >= 0.3 is 0 Å². The lowest BCUT2D eigenvalue weighted by Crippen LogP contribution is -2.31. The number of carbonyl (C=O) groups is 1. The summed E-state index contributed by atoms with van der Waals surface area (Å²) < 4.78 is 1.92. The van der Waals surface area contributed by atoms with E-state index in [9.17, 15) is 4.79 Å². The van der Waals surface area contributed by atoms with Gasteiger partial charge in [0.05, 0.1) is 5.69 Å². The van der Waals surface area contributed by atoms with E-state index >= 15 is 0 Å². The summed E-state index contributed by atoms with van der Waals surface area (Å²) in [7, 11) is 1.92. The van der Waals surface area contributed by atoms with E-state index in [1.165, 1.54) is 11.3 Å². The van der Waals surface area contributed by atoms with E-state index in [1.807, 2.05) is 62.0 Å². The molecule has 130 valence electrons. The van der Waals surface area contributed by atoms with Crippen molar-refractivity contribution in [3.8, 4) is 0 Å². The van der Waals surface area contributed by atoms with E-state index in [-0.39, 0.29) is 11.9 Å². The van der Waals surface area contributed by atoms with Crippen molar-refractivity contribution in [2.75, 3.05) is 11.9 Å². The third-order valence-electron chi connectivity index (χ3n) is 3.86. The molecule has 1 aromatic carbocycles. The molecule has 6 nitrogen and oxygen atoms in total. The summed E-state index contributed by atoms with van der Waals surface area (Å²) in [6.45, 7) is 4.63. The molecule has 0 saturated heterocycles. The predicted molar refractivity (Wildman–Crippen MR) is 100.0 cm³/mol. The summed E-state index contributed by atoms with van der Waals surface area (Å²) >= 11 is 1.37. The van der Waals surface area contributed by atoms with Crippen LogP contribution in [-0.2, 0) is 7.05 Å². The molecule has 2 N–H and O–H groups in total. The Morgan fingerprint density at radius 3 is 2.72 bits per heavy atom. The molecule has 0 aliphatic rings. The SMILES string of the molecule is CCNc1nc(C)c(C(=O)N[C@@H](c2ccccc2)c2nccn2C)s1. The standard InChI is InChI=1S/C18H21N5OS/c1-4-19-18-21-12(2)15(25-18)17(24)22-14(13-8-6-5-7-9-13)16-20-10-11-23(16)3/h5-11,14H,4H2,1-3H3,(H,19,21)(H,22,24)/t14-/m0/s1. The second kappa shape index (κ2) is 7.48. The molecule has 3 aromatic rings. The Morgan fingerprint density at radius 2 is 2.08 bits per heavy atom. The third-order valence-corrected chi connectivity index (χ3v) is 4.97. The number of rotatable bonds is 6. The number of thiazole rings is 1. The van der Waals surface area contributed by atoms with Gasteiger partial charge in [0, 0.05) is 26.0 Å². The van der Waals surface area contributed by atoms with E-state index in [4.69, 9.17) is 0 Å². The zero-order valence-corrected chi connectivity index (χ0v) is 15.3. The van der Waals surface area contributed by atoms with Gasteiger partial charge < -0.3 is 15.2 Å². The van der Waals surface area contributed by atoms with Gasteiger partial charge in [-0.3, -0.25) is 4.79 Å². The summed E-state index contributed by atoms with van der Waals surface area (Å²) in [5, 5.41) is 7.03. The maximum Gasteiger partial charge on any atom is 0.264 e. The van der Waals surface area contributed by atoms with Crippen molar-refractivity contribution in [2.45, 2.75) is 19.9 Å². The number of aromatic nitrogens is 3. The number of aryl methyl sites for hydroxylation is 2. The lowest BCUT2D eigenvalue weighted by atomic mass is 10.1. The van der Waals surface area contributed by atoms with Crippen LogP contribution in [0.25, 0.3) is 0 Å². The highest BCUT2D eigenvalue weighted by Gasteiger charge is 2.23. The van der Waals surface area contributed by atoms with Gasteiger partial charge in [-0.25, -0.2) is 9.97 Å². The van der Waals surface area contributed by atoms with Crippen LogP contribution in [0.5, 0.6) is 0 Å². The van der Waals surface area contributed by atoms with Crippen LogP contribution >= 0.6 is 11.3 Å². The molecular formula is C18H21N5OS. The van der Waals surface area contributed by atoms with Crippen molar-refractivity contribution >= 4 is 22.4 Å². The molecule has 0 fully saturated rings.